The number of fused-ring (bicyclic) bond motifs is 5. The van der Waals surface area contributed by atoms with Gasteiger partial charge in [0.15, 0.2) is 0 Å². The minimum Gasteiger partial charge on any atom is -0.457 e. The van der Waals surface area contributed by atoms with E-state index in [0.29, 0.717) is 67.1 Å². The summed E-state index contributed by atoms with van der Waals surface area (Å²) < 4.78 is 116. The molecule has 0 radical (unpaired) electrons. The van der Waals surface area contributed by atoms with Crippen LogP contribution in [0, 0.1) is 0 Å². The highest BCUT2D eigenvalue weighted by Crippen LogP contribution is 2.54. The number of hydrogen-bond donors (Lipinski definition) is 0. The van der Waals surface area contributed by atoms with E-state index in [9.17, 15) is 11.0 Å². The average molecular weight is 1100 g/mol. The summed E-state index contributed by atoms with van der Waals surface area (Å²) in [5.41, 5.74) is 8.41. The van der Waals surface area contributed by atoms with Crippen molar-refractivity contribution >= 4 is 44.6 Å². The summed E-state index contributed by atoms with van der Waals surface area (Å²) in [6.07, 6.45) is 3.27. The van der Waals surface area contributed by atoms with Crippen molar-refractivity contribution in [2.45, 2.75) is 156 Å². The molecule has 10 aromatic rings. The molecule has 1 aliphatic carbocycles. The Bertz CT molecular complexity index is 4760. The number of nitrogens with zero attached hydrogens (tertiary/aromatic N) is 4. The van der Waals surface area contributed by atoms with Crippen LogP contribution < -0.4 is 14.5 Å². The molecule has 422 valence electrons. The van der Waals surface area contributed by atoms with Crippen molar-refractivity contribution in [2.24, 2.45) is 0 Å². The van der Waals surface area contributed by atoms with Crippen molar-refractivity contribution in [3.05, 3.63) is 215 Å². The molecule has 3 heterocycles. The van der Waals surface area contributed by atoms with E-state index in [4.69, 9.17) is 13.8 Å². The number of aromatic nitrogens is 2. The van der Waals surface area contributed by atoms with Crippen LogP contribution in [0.5, 0.6) is 11.5 Å². The minimum absolute atomic E-state index is 0.0618. The standard InChI is InChI=1S/C78H84N4O/c1-73(2,3)54-36-39-79-71(46-54)82-67-25-18-17-24-61(67)62-34-33-60(48-70(62)82)83-59-23-21-22-58(47-59)80-49-81(69-27-20-19-26-68(69)80)72-63(51-30-28-50(29-31-51)53-40-55(74(4,5)6)43-56(41-53)75(7,8)9)44-57(76(10,11)12)45-64(72)52-32-35-65-66(42-52)78(15,16)38-37-77(65,13)14/h17-36,39-48H,37-38,49H2,1-16H3/i17D,18D,24D,25D,28D,29D,30D,31D,32D,35D,42D. The maximum absolute atomic E-state index is 10.5. The molecule has 0 spiro atoms. The fraction of sp³-hybridized carbons (Fsp3) is 0.321. The first kappa shape index (κ1) is 43.7. The monoisotopic (exact) mass is 1100 g/mol. The Kier molecular flexibility index (Phi) is 10.5. The summed E-state index contributed by atoms with van der Waals surface area (Å²) in [6.45, 7) is 33.9. The van der Waals surface area contributed by atoms with Gasteiger partial charge in [0.05, 0.1) is 43.2 Å². The molecular weight excluding hydrogens is 1010 g/mol. The van der Waals surface area contributed by atoms with E-state index in [2.05, 4.69) is 127 Å². The number of anilines is 4. The van der Waals surface area contributed by atoms with Gasteiger partial charge in [0.1, 0.15) is 24.0 Å². The van der Waals surface area contributed by atoms with Crippen LogP contribution in [0.25, 0.3) is 61.0 Å². The average Bonchev–Trinajstić information content (AvgIpc) is 1.08. The van der Waals surface area contributed by atoms with Gasteiger partial charge in [-0.15, -0.1) is 0 Å². The van der Waals surface area contributed by atoms with Gasteiger partial charge >= 0.3 is 0 Å². The van der Waals surface area contributed by atoms with E-state index in [1.54, 1.807) is 16.8 Å². The molecule has 0 N–H and O–H groups in total. The summed E-state index contributed by atoms with van der Waals surface area (Å²) in [5.74, 6) is 1.42. The molecule has 5 heteroatoms. The van der Waals surface area contributed by atoms with E-state index in [1.165, 1.54) is 0 Å². The molecule has 2 aromatic heterocycles. The fourth-order valence-corrected chi connectivity index (χ4v) is 11.9. The minimum atomic E-state index is -0.586. The maximum Gasteiger partial charge on any atom is 0.137 e. The Hall–Kier alpha value is -7.89. The molecular formula is C78H84N4O. The quantitative estimate of drug-likeness (QED) is 0.152. The Morgan fingerprint density at radius 1 is 0.470 bits per heavy atom. The second kappa shape index (κ2) is 19.9. The van der Waals surface area contributed by atoms with Crippen molar-refractivity contribution in [1.29, 1.82) is 0 Å². The zero-order valence-electron chi connectivity index (χ0n) is 62.3. The SMILES string of the molecule is [2H]c1c([2H])c(-c2cc(C(C)(C)C)cc(-c3c([2H])c([2H])c4c(c3[2H])C(C)(C)CCC4(C)C)c2N2CN(c3cccc(Oc4ccc5c6c([2H])c([2H])c([2H])c([2H])c6n(-c6cc(C(C)(C)C)ccn6)c5c4)c3)c3ccccc32)c([2H])c([2H])c1-c1cc(C(C)(C)C)cc(C(C)(C)C)c1. The van der Waals surface area contributed by atoms with Crippen LogP contribution in [-0.4, -0.2) is 16.2 Å². The molecule has 0 saturated carbocycles. The Labute approximate surface area is 510 Å². The fourth-order valence-electron chi connectivity index (χ4n) is 11.9. The molecule has 0 fully saturated rings. The lowest BCUT2D eigenvalue weighted by Gasteiger charge is -2.42. The number of para-hydroxylation sites is 3. The van der Waals surface area contributed by atoms with Crippen LogP contribution in [0.15, 0.2) is 182 Å². The third-order valence-corrected chi connectivity index (χ3v) is 17.2. The van der Waals surface area contributed by atoms with Gasteiger partial charge in [-0.3, -0.25) is 4.57 Å². The summed E-state index contributed by atoms with van der Waals surface area (Å²) >= 11 is 0. The summed E-state index contributed by atoms with van der Waals surface area (Å²) in [4.78, 5) is 9.01. The van der Waals surface area contributed by atoms with E-state index in [1.807, 2.05) is 97.1 Å². The number of rotatable bonds is 8. The number of pyridine rings is 1. The first-order valence-electron chi connectivity index (χ1n) is 34.8. The third-order valence-electron chi connectivity index (χ3n) is 17.2. The van der Waals surface area contributed by atoms with Crippen LogP contribution in [0.1, 0.15) is 172 Å². The molecule has 8 aromatic carbocycles. The predicted octanol–water partition coefficient (Wildman–Crippen LogP) is 21.8. The molecule has 2 aliphatic rings. The second-order valence-corrected chi connectivity index (χ2v) is 28.5. The molecule has 0 atom stereocenters. The van der Waals surface area contributed by atoms with Crippen LogP contribution in [0.2, 0.25) is 0 Å². The van der Waals surface area contributed by atoms with Crippen molar-refractivity contribution in [3.8, 4) is 50.7 Å². The zero-order chi connectivity index (χ0) is 68.3. The first-order valence-corrected chi connectivity index (χ1v) is 29.3. The number of hydrogen-bond acceptors (Lipinski definition) is 4. The van der Waals surface area contributed by atoms with E-state index in [0.717, 1.165) is 57.7 Å². The number of benzene rings is 8. The molecule has 0 saturated heterocycles. The summed E-state index contributed by atoms with van der Waals surface area (Å²) in [6, 6.07) is 33.4. The van der Waals surface area contributed by atoms with Crippen LogP contribution in [-0.2, 0) is 32.5 Å². The highest BCUT2D eigenvalue weighted by Gasteiger charge is 2.39. The van der Waals surface area contributed by atoms with E-state index < -0.39 is 16.2 Å². The molecule has 0 amide bonds. The Morgan fingerprint density at radius 3 is 1.71 bits per heavy atom. The van der Waals surface area contributed by atoms with E-state index >= 15 is 0 Å². The normalized spacial score (nSPS) is 17.1. The van der Waals surface area contributed by atoms with Crippen LogP contribution in [0.3, 0.4) is 0 Å². The Morgan fingerprint density at radius 2 is 1.05 bits per heavy atom. The smallest absolute Gasteiger partial charge is 0.137 e. The van der Waals surface area contributed by atoms with E-state index in [-0.39, 0.29) is 106 Å². The van der Waals surface area contributed by atoms with Gasteiger partial charge in [-0.1, -0.05) is 208 Å². The lowest BCUT2D eigenvalue weighted by Crippen LogP contribution is -2.33. The summed E-state index contributed by atoms with van der Waals surface area (Å²) in [7, 11) is 0. The molecule has 83 heavy (non-hydrogen) atoms. The molecule has 0 bridgehead atoms. The maximum atomic E-state index is 10.5. The molecule has 12 rings (SSSR count). The molecule has 1 aliphatic heterocycles. The summed E-state index contributed by atoms with van der Waals surface area (Å²) in [5, 5.41) is 0.980. The zero-order valence-corrected chi connectivity index (χ0v) is 51.3. The third kappa shape index (κ3) is 10.3. The first-order chi connectivity index (χ1) is 43.7. The lowest BCUT2D eigenvalue weighted by molar-refractivity contribution is 0.332. The van der Waals surface area contributed by atoms with Crippen molar-refractivity contribution < 1.29 is 19.8 Å². The van der Waals surface area contributed by atoms with Crippen LogP contribution in [0.4, 0.5) is 22.7 Å². The lowest BCUT2D eigenvalue weighted by atomic mass is 9.63. The van der Waals surface area contributed by atoms with Gasteiger partial charge < -0.3 is 14.5 Å². The van der Waals surface area contributed by atoms with Crippen LogP contribution >= 0.6 is 0 Å². The van der Waals surface area contributed by atoms with Crippen molar-refractivity contribution in [2.75, 3.05) is 16.5 Å². The van der Waals surface area contributed by atoms with Gasteiger partial charge in [-0.05, 0) is 168 Å². The van der Waals surface area contributed by atoms with Crippen molar-refractivity contribution in [1.82, 2.24) is 9.55 Å². The predicted molar refractivity (Wildman–Crippen MR) is 354 cm³/mol. The number of ether oxygens (including phenoxy) is 1. The second-order valence-electron chi connectivity index (χ2n) is 28.5. The molecule has 0 unspecified atom stereocenters. The van der Waals surface area contributed by atoms with Gasteiger partial charge in [-0.2, -0.15) is 0 Å². The Balaban J connectivity index is 1.07. The molecule has 5 nitrogen and oxygen atoms in total. The topological polar surface area (TPSA) is 33.5 Å². The van der Waals surface area contributed by atoms with Gasteiger partial charge in [-0.25, -0.2) is 4.98 Å². The largest absolute Gasteiger partial charge is 0.457 e. The van der Waals surface area contributed by atoms with Gasteiger partial charge in [0.25, 0.3) is 0 Å². The van der Waals surface area contributed by atoms with Gasteiger partial charge in [0, 0.05) is 45.9 Å². The van der Waals surface area contributed by atoms with Gasteiger partial charge in [0.2, 0.25) is 0 Å². The van der Waals surface area contributed by atoms with Crippen molar-refractivity contribution in [3.63, 3.8) is 0 Å². The highest BCUT2D eigenvalue weighted by molar-refractivity contribution is 6.09. The highest BCUT2D eigenvalue weighted by atomic mass is 16.5.